The number of hydrogen-bond acceptors (Lipinski definition) is 4. The molecular weight excluding hydrogens is 532 g/mol. The summed E-state index contributed by atoms with van der Waals surface area (Å²) in [6, 6.07) is 15.3. The van der Waals surface area contributed by atoms with Gasteiger partial charge in [0.1, 0.15) is 12.6 Å². The predicted molar refractivity (Wildman–Crippen MR) is 141 cm³/mol. The largest absolute Gasteiger partial charge is 0.352 e. The molecule has 1 unspecified atom stereocenters. The van der Waals surface area contributed by atoms with E-state index < -0.39 is 28.7 Å². The van der Waals surface area contributed by atoms with Crippen LogP contribution in [0.5, 0.6) is 0 Å². The summed E-state index contributed by atoms with van der Waals surface area (Å²) in [5.41, 5.74) is 1.20. The summed E-state index contributed by atoms with van der Waals surface area (Å²) < 4.78 is 29.2. The van der Waals surface area contributed by atoms with Crippen molar-refractivity contribution in [3.63, 3.8) is 0 Å². The van der Waals surface area contributed by atoms with Crippen molar-refractivity contribution < 1.29 is 18.0 Å². The fraction of sp³-hybridized carbons (Fsp3) is 0.440. The highest BCUT2D eigenvalue weighted by molar-refractivity contribution is 9.10. The molecular formula is C25H33BrN4O4S. The number of carbonyl (C=O) groups excluding carboxylic acids is 2. The van der Waals surface area contributed by atoms with E-state index in [0.717, 1.165) is 44.3 Å². The maximum Gasteiger partial charge on any atom is 0.304 e. The number of amides is 2. The minimum Gasteiger partial charge on any atom is -0.352 e. The Hall–Kier alpha value is -2.43. The Morgan fingerprint density at radius 1 is 1.06 bits per heavy atom. The first-order chi connectivity index (χ1) is 16.6. The molecule has 2 aromatic carbocycles. The third kappa shape index (κ3) is 7.05. The van der Waals surface area contributed by atoms with Crippen molar-refractivity contribution in [2.24, 2.45) is 0 Å². The molecule has 35 heavy (non-hydrogen) atoms. The molecule has 0 saturated heterocycles. The maximum absolute atomic E-state index is 13.7. The van der Waals surface area contributed by atoms with Gasteiger partial charge in [0.2, 0.25) is 11.8 Å². The topological polar surface area (TPSA) is 90.0 Å². The van der Waals surface area contributed by atoms with E-state index in [4.69, 9.17) is 0 Å². The van der Waals surface area contributed by atoms with Crippen LogP contribution in [0.4, 0.5) is 5.69 Å². The van der Waals surface area contributed by atoms with Crippen LogP contribution in [0.15, 0.2) is 59.1 Å². The SMILES string of the molecule is CC(C(=O)NC1CCCC1)N(Cc1cccc(Br)c1)C(=O)CN(c1ccccc1)S(=O)(=O)N(C)C. The lowest BCUT2D eigenvalue weighted by atomic mass is 10.1. The zero-order valence-electron chi connectivity index (χ0n) is 20.4. The Balaban J connectivity index is 1.90. The van der Waals surface area contributed by atoms with Gasteiger partial charge in [-0.2, -0.15) is 12.7 Å². The Morgan fingerprint density at radius 2 is 1.71 bits per heavy atom. The van der Waals surface area contributed by atoms with Crippen molar-refractivity contribution in [1.82, 2.24) is 14.5 Å². The highest BCUT2D eigenvalue weighted by atomic mass is 79.9. The third-order valence-corrected chi connectivity index (χ3v) is 8.49. The Morgan fingerprint density at radius 3 is 2.31 bits per heavy atom. The average Bonchev–Trinajstić information content (AvgIpc) is 3.33. The summed E-state index contributed by atoms with van der Waals surface area (Å²) in [5, 5.41) is 3.06. The van der Waals surface area contributed by atoms with Gasteiger partial charge in [-0.15, -0.1) is 0 Å². The lowest BCUT2D eigenvalue weighted by Crippen LogP contribution is -2.53. The summed E-state index contributed by atoms with van der Waals surface area (Å²) in [4.78, 5) is 28.2. The van der Waals surface area contributed by atoms with Gasteiger partial charge in [0.15, 0.2) is 0 Å². The van der Waals surface area contributed by atoms with E-state index in [2.05, 4.69) is 21.2 Å². The van der Waals surface area contributed by atoms with Crippen LogP contribution in [0.1, 0.15) is 38.2 Å². The molecule has 0 radical (unpaired) electrons. The van der Waals surface area contributed by atoms with Crippen LogP contribution in [0, 0.1) is 0 Å². The number of para-hydroxylation sites is 1. The normalized spacial score (nSPS) is 15.1. The van der Waals surface area contributed by atoms with Gasteiger partial charge in [0, 0.05) is 31.2 Å². The van der Waals surface area contributed by atoms with Gasteiger partial charge in [-0.1, -0.05) is 59.1 Å². The second kappa shape index (κ2) is 12.0. The van der Waals surface area contributed by atoms with Crippen molar-refractivity contribution in [3.8, 4) is 0 Å². The van der Waals surface area contributed by atoms with Crippen molar-refractivity contribution in [1.29, 1.82) is 0 Å². The van der Waals surface area contributed by atoms with Gasteiger partial charge in [0.05, 0.1) is 5.69 Å². The Labute approximate surface area is 216 Å². The maximum atomic E-state index is 13.7. The molecule has 2 aromatic rings. The smallest absolute Gasteiger partial charge is 0.304 e. The third-order valence-electron chi connectivity index (χ3n) is 6.17. The van der Waals surface area contributed by atoms with E-state index in [1.807, 2.05) is 24.3 Å². The highest BCUT2D eigenvalue weighted by Gasteiger charge is 2.33. The van der Waals surface area contributed by atoms with Gasteiger partial charge < -0.3 is 10.2 Å². The van der Waals surface area contributed by atoms with Gasteiger partial charge >= 0.3 is 10.2 Å². The summed E-state index contributed by atoms with van der Waals surface area (Å²) in [7, 11) is -1.11. The number of hydrogen-bond donors (Lipinski definition) is 1. The number of rotatable bonds is 10. The first kappa shape index (κ1) is 27.2. The Kier molecular flexibility index (Phi) is 9.32. The zero-order chi connectivity index (χ0) is 25.6. The number of halogens is 1. The van der Waals surface area contributed by atoms with E-state index in [1.54, 1.807) is 37.3 Å². The highest BCUT2D eigenvalue weighted by Crippen LogP contribution is 2.22. The van der Waals surface area contributed by atoms with E-state index >= 15 is 0 Å². The predicted octanol–water partition coefficient (Wildman–Crippen LogP) is 3.54. The zero-order valence-corrected chi connectivity index (χ0v) is 22.8. The molecule has 0 bridgehead atoms. The number of anilines is 1. The second-order valence-electron chi connectivity index (χ2n) is 8.95. The molecule has 190 valence electrons. The molecule has 8 nitrogen and oxygen atoms in total. The fourth-order valence-electron chi connectivity index (χ4n) is 4.12. The fourth-order valence-corrected chi connectivity index (χ4v) is 5.62. The lowest BCUT2D eigenvalue weighted by molar-refractivity contribution is -0.139. The Bertz CT molecular complexity index is 1120. The molecule has 1 fully saturated rings. The molecule has 1 aliphatic rings. The van der Waals surface area contributed by atoms with Gasteiger partial charge in [-0.05, 0) is 49.6 Å². The van der Waals surface area contributed by atoms with Crippen molar-refractivity contribution in [2.45, 2.75) is 51.2 Å². The molecule has 1 saturated carbocycles. The molecule has 1 atom stereocenters. The van der Waals surface area contributed by atoms with Crippen LogP contribution in [0.25, 0.3) is 0 Å². The quantitative estimate of drug-likeness (QED) is 0.478. The van der Waals surface area contributed by atoms with Crippen LogP contribution in [0.2, 0.25) is 0 Å². The molecule has 3 rings (SSSR count). The van der Waals surface area contributed by atoms with Crippen molar-refractivity contribution in [3.05, 3.63) is 64.6 Å². The molecule has 0 aliphatic heterocycles. The lowest BCUT2D eigenvalue weighted by Gasteiger charge is -2.33. The van der Waals surface area contributed by atoms with E-state index in [-0.39, 0.29) is 18.5 Å². The first-order valence-corrected chi connectivity index (χ1v) is 13.9. The molecule has 2 amide bonds. The monoisotopic (exact) mass is 564 g/mol. The molecule has 0 spiro atoms. The first-order valence-electron chi connectivity index (χ1n) is 11.7. The molecule has 1 N–H and O–H groups in total. The molecule has 0 aromatic heterocycles. The van der Waals surface area contributed by atoms with Crippen LogP contribution < -0.4 is 9.62 Å². The second-order valence-corrected chi connectivity index (χ2v) is 11.9. The van der Waals surface area contributed by atoms with E-state index in [1.165, 1.54) is 19.0 Å². The summed E-state index contributed by atoms with van der Waals surface area (Å²) in [6.07, 6.45) is 4.02. The van der Waals surface area contributed by atoms with Crippen LogP contribution in [-0.4, -0.2) is 62.2 Å². The molecule has 0 heterocycles. The molecule has 10 heteroatoms. The number of benzene rings is 2. The van der Waals surface area contributed by atoms with Crippen molar-refractivity contribution in [2.75, 3.05) is 24.9 Å². The minimum absolute atomic E-state index is 0.114. The molecule has 1 aliphatic carbocycles. The van der Waals surface area contributed by atoms with Gasteiger partial charge in [0.25, 0.3) is 0 Å². The number of carbonyl (C=O) groups is 2. The standard InChI is InChI=1S/C25H33BrN4O4S/c1-19(25(32)27-22-12-7-8-13-22)29(17-20-10-9-11-21(26)16-20)24(31)18-30(35(33,34)28(2)3)23-14-5-4-6-15-23/h4-6,9-11,14-16,19,22H,7-8,12-13,17-18H2,1-3H3,(H,27,32). The number of nitrogens with one attached hydrogen (secondary N) is 1. The summed E-state index contributed by atoms with van der Waals surface area (Å²) in [6.45, 7) is 1.43. The van der Waals surface area contributed by atoms with E-state index in [0.29, 0.717) is 5.69 Å². The van der Waals surface area contributed by atoms with E-state index in [9.17, 15) is 18.0 Å². The van der Waals surface area contributed by atoms with Crippen molar-refractivity contribution >= 4 is 43.6 Å². The van der Waals surface area contributed by atoms with Crippen LogP contribution in [-0.2, 0) is 26.3 Å². The number of nitrogens with zero attached hydrogens (tertiary/aromatic N) is 3. The summed E-state index contributed by atoms with van der Waals surface area (Å²) in [5.74, 6) is -0.699. The average molecular weight is 566 g/mol. The van der Waals surface area contributed by atoms with Crippen LogP contribution >= 0.6 is 15.9 Å². The minimum atomic E-state index is -3.95. The van der Waals surface area contributed by atoms with Gasteiger partial charge in [-0.25, -0.2) is 4.31 Å². The van der Waals surface area contributed by atoms with Gasteiger partial charge in [-0.3, -0.25) is 9.59 Å². The van der Waals surface area contributed by atoms with Crippen LogP contribution in [0.3, 0.4) is 0 Å². The summed E-state index contributed by atoms with van der Waals surface area (Å²) >= 11 is 3.45.